The van der Waals surface area contributed by atoms with E-state index in [0.717, 1.165) is 0 Å². The van der Waals surface area contributed by atoms with Crippen molar-refractivity contribution in [2.45, 2.75) is 6.04 Å². The molecule has 0 aliphatic carbocycles. The van der Waals surface area contributed by atoms with E-state index in [4.69, 9.17) is 10.9 Å². The van der Waals surface area contributed by atoms with Crippen LogP contribution < -0.4 is 5.73 Å². The number of oxime groups is 1. The van der Waals surface area contributed by atoms with Crippen molar-refractivity contribution >= 4 is 5.84 Å². The summed E-state index contributed by atoms with van der Waals surface area (Å²) in [6.07, 6.45) is 3.54. The molecule has 17 heavy (non-hydrogen) atoms. The van der Waals surface area contributed by atoms with Gasteiger partial charge in [-0.15, -0.1) is 0 Å². The first-order chi connectivity index (χ1) is 8.22. The summed E-state index contributed by atoms with van der Waals surface area (Å²) in [6, 6.07) is 9.15. The average molecular weight is 233 g/mol. The van der Waals surface area contributed by atoms with Crippen LogP contribution in [0.3, 0.4) is 0 Å². The molecule has 0 bridgehead atoms. The lowest BCUT2D eigenvalue weighted by Gasteiger charge is -2.17. The molecular weight excluding hydrogens is 221 g/mol. The van der Waals surface area contributed by atoms with E-state index in [0.29, 0.717) is 5.56 Å². The van der Waals surface area contributed by atoms with Crippen molar-refractivity contribution in [2.24, 2.45) is 10.9 Å². The van der Waals surface area contributed by atoms with Crippen molar-refractivity contribution in [1.29, 1.82) is 0 Å². The number of hydrogen-bond acceptors (Lipinski definition) is 2. The smallest absolute Gasteiger partial charge is 0.166 e. The Kier molecular flexibility index (Phi) is 3.09. The normalized spacial score (nSPS) is 13.6. The summed E-state index contributed by atoms with van der Waals surface area (Å²) < 4.78 is 14.9. The topological polar surface area (TPSA) is 63.5 Å². The summed E-state index contributed by atoms with van der Waals surface area (Å²) in [7, 11) is 0. The highest BCUT2D eigenvalue weighted by Gasteiger charge is 2.18. The molecule has 0 fully saturated rings. The van der Waals surface area contributed by atoms with Crippen molar-refractivity contribution in [3.8, 4) is 0 Å². The van der Waals surface area contributed by atoms with Gasteiger partial charge >= 0.3 is 0 Å². The molecule has 2 rings (SSSR count). The monoisotopic (exact) mass is 233 g/mol. The fourth-order valence-electron chi connectivity index (χ4n) is 1.75. The molecule has 3 N–H and O–H groups in total. The van der Waals surface area contributed by atoms with Gasteiger partial charge in [0.1, 0.15) is 11.9 Å². The summed E-state index contributed by atoms with van der Waals surface area (Å²) in [4.78, 5) is 0. The Balaban J connectivity index is 2.48. The maximum absolute atomic E-state index is 13.2. The molecule has 4 nitrogen and oxygen atoms in total. The Morgan fingerprint density at radius 2 is 2.00 bits per heavy atom. The summed E-state index contributed by atoms with van der Waals surface area (Å²) in [5.41, 5.74) is 6.27. The zero-order valence-corrected chi connectivity index (χ0v) is 8.99. The third-order valence-corrected chi connectivity index (χ3v) is 2.49. The summed E-state index contributed by atoms with van der Waals surface area (Å²) in [5, 5.41) is 11.8. The van der Waals surface area contributed by atoms with Gasteiger partial charge in [-0.2, -0.15) is 0 Å². The molecule has 0 aliphatic rings. The van der Waals surface area contributed by atoms with Crippen LogP contribution >= 0.6 is 0 Å². The number of nitrogens with zero attached hydrogens (tertiary/aromatic N) is 2. The van der Waals surface area contributed by atoms with Crippen LogP contribution in [0, 0.1) is 5.82 Å². The summed E-state index contributed by atoms with van der Waals surface area (Å²) in [5.74, 6) is -0.350. The molecule has 2 aromatic rings. The molecule has 0 aliphatic heterocycles. The van der Waals surface area contributed by atoms with E-state index in [1.807, 2.05) is 12.1 Å². The molecule has 1 atom stereocenters. The van der Waals surface area contributed by atoms with Crippen LogP contribution in [0.2, 0.25) is 0 Å². The molecule has 0 spiro atoms. The minimum absolute atomic E-state index is 0.00630. The third-order valence-electron chi connectivity index (χ3n) is 2.49. The molecule has 1 aromatic heterocycles. The molecule has 88 valence electrons. The van der Waals surface area contributed by atoms with Crippen LogP contribution in [0.25, 0.3) is 0 Å². The van der Waals surface area contributed by atoms with E-state index in [9.17, 15) is 4.39 Å². The molecular formula is C12H12FN3O. The predicted octanol–water partition coefficient (Wildman–Crippen LogP) is 1.96. The molecule has 0 unspecified atom stereocenters. The number of amidine groups is 1. The fraction of sp³-hybridized carbons (Fsp3) is 0.0833. The van der Waals surface area contributed by atoms with Gasteiger partial charge in [-0.1, -0.05) is 17.3 Å². The first kappa shape index (κ1) is 11.2. The Morgan fingerprint density at radius 1 is 1.29 bits per heavy atom. The second-order valence-electron chi connectivity index (χ2n) is 3.61. The highest BCUT2D eigenvalue weighted by Crippen LogP contribution is 2.19. The molecule has 1 aromatic carbocycles. The SMILES string of the molecule is NC(=NO)[C@H](c1cccc(F)c1)n1cccc1. The summed E-state index contributed by atoms with van der Waals surface area (Å²) in [6.45, 7) is 0. The highest BCUT2D eigenvalue weighted by molar-refractivity contribution is 5.86. The molecule has 0 saturated carbocycles. The number of halogens is 1. The highest BCUT2D eigenvalue weighted by atomic mass is 19.1. The minimum atomic E-state index is -0.509. The van der Waals surface area contributed by atoms with Gasteiger partial charge in [-0.05, 0) is 29.8 Å². The van der Waals surface area contributed by atoms with E-state index in [2.05, 4.69) is 5.16 Å². The molecule has 1 heterocycles. The number of benzene rings is 1. The maximum Gasteiger partial charge on any atom is 0.166 e. The minimum Gasteiger partial charge on any atom is -0.409 e. The van der Waals surface area contributed by atoms with Crippen molar-refractivity contribution in [1.82, 2.24) is 4.57 Å². The fourth-order valence-corrected chi connectivity index (χ4v) is 1.75. The van der Waals surface area contributed by atoms with Crippen LogP contribution in [0.15, 0.2) is 53.9 Å². The molecule has 0 saturated heterocycles. The van der Waals surface area contributed by atoms with Gasteiger partial charge in [0.2, 0.25) is 0 Å². The van der Waals surface area contributed by atoms with Gasteiger partial charge in [0.25, 0.3) is 0 Å². The van der Waals surface area contributed by atoms with Gasteiger partial charge < -0.3 is 15.5 Å². The standard InChI is InChI=1S/C12H12FN3O/c13-10-5-3-4-9(8-10)11(12(14)15-17)16-6-1-2-7-16/h1-8,11,17H,(H2,14,15)/t11-/m0/s1. The Bertz CT molecular complexity index is 522. The van der Waals surface area contributed by atoms with Gasteiger partial charge in [0.05, 0.1) is 0 Å². The second kappa shape index (κ2) is 4.69. The third kappa shape index (κ3) is 2.28. The van der Waals surface area contributed by atoms with Crippen molar-refractivity contribution in [3.63, 3.8) is 0 Å². The van der Waals surface area contributed by atoms with Crippen LogP contribution in [0.4, 0.5) is 4.39 Å². The van der Waals surface area contributed by atoms with E-state index < -0.39 is 6.04 Å². The lowest BCUT2D eigenvalue weighted by atomic mass is 10.1. The molecule has 5 heteroatoms. The predicted molar refractivity (Wildman–Crippen MR) is 62.4 cm³/mol. The van der Waals surface area contributed by atoms with Gasteiger partial charge in [-0.3, -0.25) is 0 Å². The lowest BCUT2D eigenvalue weighted by molar-refractivity contribution is 0.315. The second-order valence-corrected chi connectivity index (χ2v) is 3.61. The molecule has 0 amide bonds. The number of rotatable bonds is 3. The Morgan fingerprint density at radius 3 is 2.59 bits per heavy atom. The summed E-state index contributed by atoms with van der Waals surface area (Å²) >= 11 is 0. The number of hydrogen-bond donors (Lipinski definition) is 2. The Hall–Kier alpha value is -2.30. The van der Waals surface area contributed by atoms with Crippen molar-refractivity contribution < 1.29 is 9.60 Å². The van der Waals surface area contributed by atoms with Crippen molar-refractivity contribution in [3.05, 3.63) is 60.2 Å². The largest absolute Gasteiger partial charge is 0.409 e. The first-order valence-electron chi connectivity index (χ1n) is 5.07. The van der Waals surface area contributed by atoms with E-state index in [-0.39, 0.29) is 11.7 Å². The lowest BCUT2D eigenvalue weighted by Crippen LogP contribution is -2.27. The van der Waals surface area contributed by atoms with Gasteiger partial charge in [0, 0.05) is 12.4 Å². The average Bonchev–Trinajstić information content (AvgIpc) is 2.83. The van der Waals surface area contributed by atoms with E-state index in [1.54, 1.807) is 29.1 Å². The number of nitrogens with two attached hydrogens (primary N) is 1. The zero-order chi connectivity index (χ0) is 12.3. The van der Waals surface area contributed by atoms with E-state index >= 15 is 0 Å². The number of aromatic nitrogens is 1. The molecule has 0 radical (unpaired) electrons. The van der Waals surface area contributed by atoms with Crippen LogP contribution in [-0.4, -0.2) is 15.6 Å². The first-order valence-corrected chi connectivity index (χ1v) is 5.07. The maximum atomic E-state index is 13.2. The zero-order valence-electron chi connectivity index (χ0n) is 8.99. The van der Waals surface area contributed by atoms with Crippen LogP contribution in [0.1, 0.15) is 11.6 Å². The van der Waals surface area contributed by atoms with Gasteiger partial charge in [0.15, 0.2) is 5.84 Å². The van der Waals surface area contributed by atoms with Crippen molar-refractivity contribution in [2.75, 3.05) is 0 Å². The quantitative estimate of drug-likeness (QED) is 0.368. The van der Waals surface area contributed by atoms with Crippen LogP contribution in [0.5, 0.6) is 0 Å². The van der Waals surface area contributed by atoms with Crippen LogP contribution in [-0.2, 0) is 0 Å². The Labute approximate surface area is 97.8 Å². The van der Waals surface area contributed by atoms with E-state index in [1.165, 1.54) is 12.1 Å². The van der Waals surface area contributed by atoms with Gasteiger partial charge in [-0.25, -0.2) is 4.39 Å².